The molecule has 0 saturated heterocycles. The van der Waals surface area contributed by atoms with Gasteiger partial charge in [0.05, 0.1) is 15.6 Å². The topological polar surface area (TPSA) is 63.3 Å². The molecule has 0 bridgehead atoms. The maximum Gasteiger partial charge on any atom is 0.354 e. The Labute approximate surface area is 133 Å². The standard InChI is InChI=1S/C16H9NO3S2/c18-13-9-5-1-3-7-11(9)20-15(19)14(13)22-16-17-10-6-2-4-8-12(10)21-16/h1-8,18H. The lowest BCUT2D eigenvalue weighted by Crippen LogP contribution is -2.02. The Morgan fingerprint density at radius 1 is 1.09 bits per heavy atom. The molecule has 0 atom stereocenters. The van der Waals surface area contributed by atoms with E-state index in [9.17, 15) is 9.90 Å². The summed E-state index contributed by atoms with van der Waals surface area (Å²) in [5.41, 5.74) is 0.693. The molecule has 6 heteroatoms. The summed E-state index contributed by atoms with van der Waals surface area (Å²) in [5.74, 6) is -0.0592. The highest BCUT2D eigenvalue weighted by molar-refractivity contribution is 8.01. The molecule has 0 spiro atoms. The molecule has 0 radical (unpaired) electrons. The third-order valence-corrected chi connectivity index (χ3v) is 5.37. The Morgan fingerprint density at radius 2 is 1.86 bits per heavy atom. The van der Waals surface area contributed by atoms with E-state index in [4.69, 9.17) is 4.42 Å². The second-order valence-corrected chi connectivity index (χ2v) is 6.90. The van der Waals surface area contributed by atoms with Gasteiger partial charge in [0.15, 0.2) is 4.34 Å². The van der Waals surface area contributed by atoms with Gasteiger partial charge in [0.2, 0.25) is 0 Å². The van der Waals surface area contributed by atoms with Crippen molar-refractivity contribution in [2.75, 3.05) is 0 Å². The van der Waals surface area contributed by atoms with Crippen LogP contribution in [0.15, 0.2) is 67.0 Å². The average molecular weight is 327 g/mol. The summed E-state index contributed by atoms with van der Waals surface area (Å²) in [5, 5.41) is 10.9. The number of aromatic nitrogens is 1. The lowest BCUT2D eigenvalue weighted by atomic mass is 10.2. The predicted octanol–water partition coefficient (Wildman–Crippen LogP) is 4.26. The van der Waals surface area contributed by atoms with Gasteiger partial charge >= 0.3 is 5.63 Å². The molecule has 0 fully saturated rings. The number of hydrogen-bond acceptors (Lipinski definition) is 6. The molecule has 2 aromatic carbocycles. The van der Waals surface area contributed by atoms with Crippen molar-refractivity contribution in [3.8, 4) is 5.75 Å². The molecule has 2 aromatic heterocycles. The average Bonchev–Trinajstić information content (AvgIpc) is 2.94. The van der Waals surface area contributed by atoms with Crippen LogP contribution in [0.2, 0.25) is 0 Å². The maximum atomic E-state index is 12.1. The fourth-order valence-electron chi connectivity index (χ4n) is 2.19. The van der Waals surface area contributed by atoms with Gasteiger partial charge in [0.1, 0.15) is 16.2 Å². The molecule has 2 heterocycles. The number of aromatic hydroxyl groups is 1. The molecule has 1 N–H and O–H groups in total. The summed E-state index contributed by atoms with van der Waals surface area (Å²) in [4.78, 5) is 16.7. The zero-order chi connectivity index (χ0) is 15.1. The van der Waals surface area contributed by atoms with Gasteiger partial charge < -0.3 is 9.52 Å². The summed E-state index contributed by atoms with van der Waals surface area (Å²) in [7, 11) is 0. The lowest BCUT2D eigenvalue weighted by molar-refractivity contribution is 0.447. The van der Waals surface area contributed by atoms with E-state index in [2.05, 4.69) is 4.98 Å². The second-order valence-electron chi connectivity index (χ2n) is 4.61. The summed E-state index contributed by atoms with van der Waals surface area (Å²) in [6.07, 6.45) is 0. The quantitative estimate of drug-likeness (QED) is 0.557. The number of fused-ring (bicyclic) bond motifs is 2. The minimum atomic E-state index is -0.555. The Hall–Kier alpha value is -2.31. The third-order valence-electron chi connectivity index (χ3n) is 3.21. The van der Waals surface area contributed by atoms with Crippen LogP contribution in [-0.2, 0) is 0 Å². The SMILES string of the molecule is O=c1oc2ccccc2c(O)c1Sc1nc2ccccc2s1. The van der Waals surface area contributed by atoms with Crippen molar-refractivity contribution in [3.63, 3.8) is 0 Å². The summed E-state index contributed by atoms with van der Waals surface area (Å²) in [6.45, 7) is 0. The van der Waals surface area contributed by atoms with Crippen LogP contribution in [0.1, 0.15) is 0 Å². The van der Waals surface area contributed by atoms with Gasteiger partial charge in [-0.3, -0.25) is 0 Å². The van der Waals surface area contributed by atoms with E-state index in [1.807, 2.05) is 24.3 Å². The number of thiazole rings is 1. The van der Waals surface area contributed by atoms with E-state index < -0.39 is 5.63 Å². The molecule has 0 saturated carbocycles. The first kappa shape index (κ1) is 13.4. The molecule has 0 unspecified atom stereocenters. The van der Waals surface area contributed by atoms with Crippen LogP contribution < -0.4 is 5.63 Å². The smallest absolute Gasteiger partial charge is 0.354 e. The second kappa shape index (κ2) is 5.15. The van der Waals surface area contributed by atoms with E-state index in [0.29, 0.717) is 15.3 Å². The maximum absolute atomic E-state index is 12.1. The molecule has 0 aliphatic heterocycles. The molecule has 0 amide bonds. The van der Waals surface area contributed by atoms with Crippen LogP contribution >= 0.6 is 23.1 Å². The minimum Gasteiger partial charge on any atom is -0.506 e. The molecule has 0 aliphatic carbocycles. The van der Waals surface area contributed by atoms with Crippen molar-refractivity contribution in [3.05, 3.63) is 59.0 Å². The monoisotopic (exact) mass is 327 g/mol. The molecular formula is C16H9NO3S2. The van der Waals surface area contributed by atoms with E-state index in [1.165, 1.54) is 11.3 Å². The fraction of sp³-hybridized carbons (Fsp3) is 0. The molecular weight excluding hydrogens is 318 g/mol. The van der Waals surface area contributed by atoms with Crippen molar-refractivity contribution in [2.45, 2.75) is 9.24 Å². The van der Waals surface area contributed by atoms with Gasteiger partial charge in [-0.1, -0.05) is 24.3 Å². The normalized spacial score (nSPS) is 11.3. The van der Waals surface area contributed by atoms with Crippen LogP contribution in [0.5, 0.6) is 5.75 Å². The highest BCUT2D eigenvalue weighted by atomic mass is 32.2. The lowest BCUT2D eigenvalue weighted by Gasteiger charge is -2.03. The Balaban J connectivity index is 1.85. The number of hydrogen-bond donors (Lipinski definition) is 1. The van der Waals surface area contributed by atoms with Crippen molar-refractivity contribution >= 4 is 44.3 Å². The molecule has 4 nitrogen and oxygen atoms in total. The van der Waals surface area contributed by atoms with E-state index in [1.54, 1.807) is 24.3 Å². The number of nitrogens with zero attached hydrogens (tertiary/aromatic N) is 1. The first-order valence-corrected chi connectivity index (χ1v) is 8.14. The molecule has 108 valence electrons. The number of rotatable bonds is 2. The summed E-state index contributed by atoms with van der Waals surface area (Å²) < 4.78 is 6.99. The molecule has 22 heavy (non-hydrogen) atoms. The van der Waals surface area contributed by atoms with E-state index in [-0.39, 0.29) is 10.6 Å². The molecule has 4 aromatic rings. The Bertz CT molecular complexity index is 1020. The number of benzene rings is 2. The number of para-hydroxylation sites is 2. The van der Waals surface area contributed by atoms with Gasteiger partial charge in [-0.2, -0.15) is 0 Å². The van der Waals surface area contributed by atoms with Gasteiger partial charge in [-0.15, -0.1) is 11.3 Å². The zero-order valence-corrected chi connectivity index (χ0v) is 12.8. The first-order valence-electron chi connectivity index (χ1n) is 6.50. The van der Waals surface area contributed by atoms with Crippen molar-refractivity contribution in [1.29, 1.82) is 0 Å². The first-order chi connectivity index (χ1) is 10.7. The van der Waals surface area contributed by atoms with Crippen LogP contribution in [-0.4, -0.2) is 10.1 Å². The van der Waals surface area contributed by atoms with Crippen molar-refractivity contribution in [2.24, 2.45) is 0 Å². The van der Waals surface area contributed by atoms with Gasteiger partial charge in [0.25, 0.3) is 0 Å². The van der Waals surface area contributed by atoms with Crippen LogP contribution in [0, 0.1) is 0 Å². The van der Waals surface area contributed by atoms with Crippen molar-refractivity contribution < 1.29 is 9.52 Å². The van der Waals surface area contributed by atoms with E-state index in [0.717, 1.165) is 22.0 Å². The van der Waals surface area contributed by atoms with Crippen molar-refractivity contribution in [1.82, 2.24) is 4.98 Å². The van der Waals surface area contributed by atoms with Crippen LogP contribution in [0.4, 0.5) is 0 Å². The van der Waals surface area contributed by atoms with Gasteiger partial charge in [-0.25, -0.2) is 9.78 Å². The highest BCUT2D eigenvalue weighted by Crippen LogP contribution is 2.39. The Kier molecular flexibility index (Phi) is 3.13. The largest absolute Gasteiger partial charge is 0.506 e. The fourth-order valence-corrected chi connectivity index (χ4v) is 4.22. The third kappa shape index (κ3) is 2.17. The van der Waals surface area contributed by atoms with Gasteiger partial charge in [-0.05, 0) is 36.0 Å². The highest BCUT2D eigenvalue weighted by Gasteiger charge is 2.17. The summed E-state index contributed by atoms with van der Waals surface area (Å²) >= 11 is 2.61. The van der Waals surface area contributed by atoms with E-state index >= 15 is 0 Å². The van der Waals surface area contributed by atoms with Crippen LogP contribution in [0.3, 0.4) is 0 Å². The predicted molar refractivity (Wildman–Crippen MR) is 87.9 cm³/mol. The zero-order valence-electron chi connectivity index (χ0n) is 11.1. The molecule has 4 rings (SSSR count). The molecule has 0 aliphatic rings. The summed E-state index contributed by atoms with van der Waals surface area (Å²) in [6, 6.07) is 14.7. The Morgan fingerprint density at radius 3 is 2.73 bits per heavy atom. The minimum absolute atomic E-state index is 0.0592. The van der Waals surface area contributed by atoms with Gasteiger partial charge in [0, 0.05) is 0 Å². The van der Waals surface area contributed by atoms with Crippen LogP contribution in [0.25, 0.3) is 21.2 Å².